The monoisotopic (exact) mass is 379 g/mol. The Morgan fingerprint density at radius 2 is 1.89 bits per heavy atom. The minimum absolute atomic E-state index is 0.150. The van der Waals surface area contributed by atoms with E-state index in [1.165, 1.54) is 5.56 Å². The SMILES string of the molecule is CCCCNC(=O)c1cnc(N2CCN(C/C=C/c3ccccc3)CC2)cn1. The summed E-state index contributed by atoms with van der Waals surface area (Å²) in [7, 11) is 0. The summed E-state index contributed by atoms with van der Waals surface area (Å²) in [6.07, 6.45) is 9.70. The molecule has 1 aromatic heterocycles. The summed E-state index contributed by atoms with van der Waals surface area (Å²) in [4.78, 5) is 25.4. The number of nitrogens with zero attached hydrogens (tertiary/aromatic N) is 4. The molecule has 1 fully saturated rings. The summed E-state index contributed by atoms with van der Waals surface area (Å²) < 4.78 is 0. The first-order valence-electron chi connectivity index (χ1n) is 10.1. The Labute approximate surface area is 167 Å². The molecule has 1 aliphatic heterocycles. The number of carbonyl (C=O) groups excluding carboxylic acids is 1. The highest BCUT2D eigenvalue weighted by atomic mass is 16.1. The van der Waals surface area contributed by atoms with Crippen molar-refractivity contribution in [2.45, 2.75) is 19.8 Å². The lowest BCUT2D eigenvalue weighted by Gasteiger charge is -2.34. The van der Waals surface area contributed by atoms with Gasteiger partial charge in [-0.1, -0.05) is 55.8 Å². The van der Waals surface area contributed by atoms with Crippen molar-refractivity contribution in [2.75, 3.05) is 44.2 Å². The highest BCUT2D eigenvalue weighted by molar-refractivity contribution is 5.91. The number of rotatable bonds is 8. The highest BCUT2D eigenvalue weighted by Gasteiger charge is 2.18. The van der Waals surface area contributed by atoms with Crippen LogP contribution in [-0.2, 0) is 0 Å². The van der Waals surface area contributed by atoms with E-state index in [9.17, 15) is 4.79 Å². The second kappa shape index (κ2) is 10.6. The number of hydrogen-bond donors (Lipinski definition) is 1. The van der Waals surface area contributed by atoms with Crippen LogP contribution in [0, 0.1) is 0 Å². The molecule has 1 N–H and O–H groups in total. The molecule has 0 unspecified atom stereocenters. The number of hydrogen-bond acceptors (Lipinski definition) is 5. The molecule has 0 saturated carbocycles. The van der Waals surface area contributed by atoms with Crippen LogP contribution in [0.1, 0.15) is 35.8 Å². The van der Waals surface area contributed by atoms with Crippen LogP contribution >= 0.6 is 0 Å². The molecule has 0 radical (unpaired) electrons. The zero-order valence-corrected chi connectivity index (χ0v) is 16.6. The molecule has 2 heterocycles. The fourth-order valence-electron chi connectivity index (χ4n) is 3.13. The number of piperazine rings is 1. The van der Waals surface area contributed by atoms with Gasteiger partial charge in [-0.25, -0.2) is 9.97 Å². The maximum absolute atomic E-state index is 12.0. The number of benzene rings is 1. The van der Waals surface area contributed by atoms with Crippen molar-refractivity contribution in [1.82, 2.24) is 20.2 Å². The van der Waals surface area contributed by atoms with Crippen LogP contribution in [-0.4, -0.2) is 60.0 Å². The van der Waals surface area contributed by atoms with Crippen LogP contribution in [0.15, 0.2) is 48.8 Å². The van der Waals surface area contributed by atoms with E-state index in [2.05, 4.69) is 68.4 Å². The quantitative estimate of drug-likeness (QED) is 0.715. The lowest BCUT2D eigenvalue weighted by atomic mass is 10.2. The van der Waals surface area contributed by atoms with Gasteiger partial charge in [-0.15, -0.1) is 0 Å². The van der Waals surface area contributed by atoms with Gasteiger partial charge in [0.1, 0.15) is 11.5 Å². The number of carbonyl (C=O) groups is 1. The predicted molar refractivity (Wildman–Crippen MR) is 113 cm³/mol. The number of amides is 1. The number of anilines is 1. The number of nitrogens with one attached hydrogen (secondary N) is 1. The molecular weight excluding hydrogens is 350 g/mol. The second-order valence-electron chi connectivity index (χ2n) is 6.97. The molecule has 0 bridgehead atoms. The molecule has 2 aromatic rings. The van der Waals surface area contributed by atoms with E-state index in [1.807, 2.05) is 6.07 Å². The molecular formula is C22H29N5O. The second-order valence-corrected chi connectivity index (χ2v) is 6.97. The summed E-state index contributed by atoms with van der Waals surface area (Å²) in [6.45, 7) is 7.52. The van der Waals surface area contributed by atoms with Crippen molar-refractivity contribution in [1.29, 1.82) is 0 Å². The summed E-state index contributed by atoms with van der Waals surface area (Å²) in [6, 6.07) is 10.4. The van der Waals surface area contributed by atoms with Crippen molar-refractivity contribution in [3.8, 4) is 0 Å². The van der Waals surface area contributed by atoms with Crippen LogP contribution < -0.4 is 10.2 Å². The Morgan fingerprint density at radius 1 is 1.11 bits per heavy atom. The minimum atomic E-state index is -0.150. The predicted octanol–water partition coefficient (Wildman–Crippen LogP) is 2.84. The molecule has 0 aliphatic carbocycles. The first kappa shape index (κ1) is 20.0. The Bertz CT molecular complexity index is 752. The van der Waals surface area contributed by atoms with Gasteiger partial charge in [-0.2, -0.15) is 0 Å². The van der Waals surface area contributed by atoms with Gasteiger partial charge in [0.05, 0.1) is 12.4 Å². The van der Waals surface area contributed by atoms with Crippen LogP contribution in [0.3, 0.4) is 0 Å². The van der Waals surface area contributed by atoms with Crippen LogP contribution in [0.5, 0.6) is 0 Å². The fourth-order valence-corrected chi connectivity index (χ4v) is 3.13. The molecule has 1 saturated heterocycles. The topological polar surface area (TPSA) is 61.4 Å². The first-order valence-corrected chi connectivity index (χ1v) is 10.1. The lowest BCUT2D eigenvalue weighted by molar-refractivity contribution is 0.0948. The maximum atomic E-state index is 12.0. The Balaban J connectivity index is 1.44. The zero-order chi connectivity index (χ0) is 19.6. The molecule has 0 atom stereocenters. The average Bonchev–Trinajstić information content (AvgIpc) is 2.75. The van der Waals surface area contributed by atoms with Gasteiger partial charge in [0.2, 0.25) is 0 Å². The summed E-state index contributed by atoms with van der Waals surface area (Å²) in [5.41, 5.74) is 1.61. The summed E-state index contributed by atoms with van der Waals surface area (Å²) in [5.74, 6) is 0.687. The third-order valence-electron chi connectivity index (χ3n) is 4.86. The van der Waals surface area contributed by atoms with Gasteiger partial charge in [-0.05, 0) is 12.0 Å². The van der Waals surface area contributed by atoms with Crippen molar-refractivity contribution in [3.05, 3.63) is 60.1 Å². The van der Waals surface area contributed by atoms with Crippen molar-refractivity contribution in [3.63, 3.8) is 0 Å². The Hall–Kier alpha value is -2.73. The fraction of sp³-hybridized carbons (Fsp3) is 0.409. The van der Waals surface area contributed by atoms with Gasteiger partial charge >= 0.3 is 0 Å². The standard InChI is InChI=1S/C22H29N5O/c1-2-3-11-23-22(28)20-17-25-21(18-24-20)27-15-13-26(14-16-27)12-7-10-19-8-5-4-6-9-19/h4-10,17-18H,2-3,11-16H2,1H3,(H,23,28)/b10-7+. The van der Waals surface area contributed by atoms with Crippen molar-refractivity contribution >= 4 is 17.8 Å². The van der Waals surface area contributed by atoms with E-state index in [-0.39, 0.29) is 5.91 Å². The smallest absolute Gasteiger partial charge is 0.271 e. The van der Waals surface area contributed by atoms with E-state index < -0.39 is 0 Å². The van der Waals surface area contributed by atoms with Gasteiger partial charge in [0.15, 0.2) is 0 Å². The molecule has 6 heteroatoms. The molecule has 1 aliphatic rings. The van der Waals surface area contributed by atoms with Crippen LogP contribution in [0.4, 0.5) is 5.82 Å². The molecule has 3 rings (SSSR count). The molecule has 28 heavy (non-hydrogen) atoms. The average molecular weight is 380 g/mol. The van der Waals surface area contributed by atoms with E-state index in [1.54, 1.807) is 12.4 Å². The normalized spacial score (nSPS) is 15.1. The summed E-state index contributed by atoms with van der Waals surface area (Å²) >= 11 is 0. The summed E-state index contributed by atoms with van der Waals surface area (Å²) in [5, 5.41) is 2.87. The first-order chi connectivity index (χ1) is 13.8. The van der Waals surface area contributed by atoms with E-state index in [0.29, 0.717) is 12.2 Å². The largest absolute Gasteiger partial charge is 0.353 e. The third-order valence-corrected chi connectivity index (χ3v) is 4.86. The molecule has 1 aromatic carbocycles. The zero-order valence-electron chi connectivity index (χ0n) is 16.6. The lowest BCUT2D eigenvalue weighted by Crippen LogP contribution is -2.46. The van der Waals surface area contributed by atoms with Gasteiger partial charge < -0.3 is 10.2 Å². The van der Waals surface area contributed by atoms with Crippen LogP contribution in [0.2, 0.25) is 0 Å². The van der Waals surface area contributed by atoms with Crippen LogP contribution in [0.25, 0.3) is 6.08 Å². The third kappa shape index (κ3) is 5.89. The van der Waals surface area contributed by atoms with Gasteiger partial charge in [-0.3, -0.25) is 9.69 Å². The van der Waals surface area contributed by atoms with E-state index in [4.69, 9.17) is 0 Å². The maximum Gasteiger partial charge on any atom is 0.271 e. The Morgan fingerprint density at radius 3 is 2.57 bits per heavy atom. The molecule has 1 amide bonds. The van der Waals surface area contributed by atoms with Crippen molar-refractivity contribution in [2.24, 2.45) is 0 Å². The van der Waals surface area contributed by atoms with E-state index in [0.717, 1.165) is 51.4 Å². The minimum Gasteiger partial charge on any atom is -0.353 e. The van der Waals surface area contributed by atoms with Gasteiger partial charge in [0, 0.05) is 39.3 Å². The number of aromatic nitrogens is 2. The highest BCUT2D eigenvalue weighted by Crippen LogP contribution is 2.13. The van der Waals surface area contributed by atoms with Gasteiger partial charge in [0.25, 0.3) is 5.91 Å². The van der Waals surface area contributed by atoms with E-state index >= 15 is 0 Å². The molecule has 0 spiro atoms. The molecule has 148 valence electrons. The Kier molecular flexibility index (Phi) is 7.55. The number of unbranched alkanes of at least 4 members (excludes halogenated alkanes) is 1. The van der Waals surface area contributed by atoms with Crippen molar-refractivity contribution < 1.29 is 4.79 Å². The molecule has 6 nitrogen and oxygen atoms in total.